The van der Waals surface area contributed by atoms with Gasteiger partial charge < -0.3 is 9.47 Å². The van der Waals surface area contributed by atoms with Crippen LogP contribution in [0.4, 0.5) is 8.78 Å². The van der Waals surface area contributed by atoms with E-state index in [1.54, 1.807) is 12.1 Å². The summed E-state index contributed by atoms with van der Waals surface area (Å²) in [5.74, 6) is -0.788. The van der Waals surface area contributed by atoms with Crippen LogP contribution in [-0.2, 0) is 15.4 Å². The van der Waals surface area contributed by atoms with E-state index in [1.165, 1.54) is 16.5 Å². The highest BCUT2D eigenvalue weighted by Crippen LogP contribution is 2.45. The number of rotatable bonds is 7. The number of halogens is 3. The van der Waals surface area contributed by atoms with Crippen molar-refractivity contribution in [1.82, 2.24) is 19.4 Å². The number of carbonyl (C=O) groups excluding carboxylic acids is 1. The molecule has 0 aliphatic carbocycles. The highest BCUT2D eigenvalue weighted by Gasteiger charge is 2.44. The Morgan fingerprint density at radius 2 is 1.70 bits per heavy atom. The van der Waals surface area contributed by atoms with Gasteiger partial charge in [-0.1, -0.05) is 35.9 Å². The number of likely N-dealkylation sites (tertiary alicyclic amines) is 1. The number of aryl methyl sites for hydroxylation is 1. The van der Waals surface area contributed by atoms with Gasteiger partial charge in [0.05, 0.1) is 21.6 Å². The molecular weight excluding hydrogens is 644 g/mol. The van der Waals surface area contributed by atoms with Crippen molar-refractivity contribution in [3.8, 4) is 0 Å². The van der Waals surface area contributed by atoms with Crippen molar-refractivity contribution in [1.29, 1.82) is 0 Å². The number of sulfonamides is 1. The topological polar surface area (TPSA) is 102 Å². The minimum absolute atomic E-state index is 0.303. The minimum atomic E-state index is -4.26. The van der Waals surface area contributed by atoms with Gasteiger partial charge in [-0.25, -0.2) is 27.3 Å². The molecule has 4 heterocycles. The number of hydrogen-bond donors (Lipinski definition) is 1. The van der Waals surface area contributed by atoms with Crippen molar-refractivity contribution in [3.05, 3.63) is 94.3 Å². The molecule has 3 aliphatic heterocycles. The number of benzene rings is 3. The number of fused-ring (bicyclic) bond motifs is 3. The number of primary sulfonamides is 1. The van der Waals surface area contributed by atoms with Crippen LogP contribution in [-0.4, -0.2) is 65.4 Å². The Morgan fingerprint density at radius 1 is 1.00 bits per heavy atom. The summed E-state index contributed by atoms with van der Waals surface area (Å²) >= 11 is 5.92. The molecule has 0 spiro atoms. The molecule has 3 fully saturated rings. The standard InChI is InChI=1S/C35H38ClF2N5O3S/c1-22-40-31-7-2-3-8-32(31)43(22)27-18-25-9-10-26(19-27)42(25)16-13-35(23-5-4-6-24(37)17-23)11-14-41(15-12-35)34(44)28-20-33(47(39,45)46)29(36)21-30(28)38/h2-8,17,20-21,25-27H,9-16,18-19H2,1H3,(H2,39,45,46)/t25-,26+,27+. The Balaban J connectivity index is 1.09. The molecule has 2 N–H and O–H groups in total. The molecule has 0 unspecified atom stereocenters. The molecule has 2 bridgehead atoms. The van der Waals surface area contributed by atoms with Gasteiger partial charge in [-0.05, 0) is 106 Å². The van der Waals surface area contributed by atoms with Gasteiger partial charge >= 0.3 is 0 Å². The van der Waals surface area contributed by atoms with Gasteiger partial charge in [0.1, 0.15) is 22.4 Å². The molecule has 7 rings (SSSR count). The quantitative estimate of drug-likeness (QED) is 0.245. The molecule has 3 aliphatic rings. The summed E-state index contributed by atoms with van der Waals surface area (Å²) in [5, 5.41) is 4.87. The SMILES string of the molecule is Cc1nc2ccccc2n1[C@H]1C[C@H]2CC[C@@H](C1)N2CCC1(c2cccc(F)c2)CCN(C(=O)c2cc(S(N)(=O)=O)c(Cl)cc2F)CC1. The fraction of sp³-hybridized carbons (Fsp3) is 0.429. The van der Waals surface area contributed by atoms with E-state index in [0.29, 0.717) is 44.1 Å². The van der Waals surface area contributed by atoms with Crippen LogP contribution < -0.4 is 5.14 Å². The summed E-state index contributed by atoms with van der Waals surface area (Å²) in [6.07, 6.45) is 6.33. The van der Waals surface area contributed by atoms with Crippen molar-refractivity contribution in [2.75, 3.05) is 19.6 Å². The van der Waals surface area contributed by atoms with Crippen molar-refractivity contribution in [2.24, 2.45) is 5.14 Å². The lowest BCUT2D eigenvalue weighted by Gasteiger charge is -2.45. The molecule has 0 radical (unpaired) electrons. The van der Waals surface area contributed by atoms with Gasteiger partial charge in [0.15, 0.2) is 0 Å². The second kappa shape index (κ2) is 12.3. The predicted molar refractivity (Wildman–Crippen MR) is 177 cm³/mol. The number of carbonyl (C=O) groups is 1. The molecule has 0 saturated carbocycles. The van der Waals surface area contributed by atoms with Crippen LogP contribution in [0.15, 0.2) is 65.6 Å². The minimum Gasteiger partial charge on any atom is -0.338 e. The third-order valence-corrected chi connectivity index (χ3v) is 12.2. The Labute approximate surface area is 278 Å². The zero-order chi connectivity index (χ0) is 33.1. The van der Waals surface area contributed by atoms with Crippen LogP contribution >= 0.6 is 11.6 Å². The van der Waals surface area contributed by atoms with Gasteiger partial charge in [-0.15, -0.1) is 0 Å². The van der Waals surface area contributed by atoms with E-state index in [0.717, 1.165) is 67.7 Å². The van der Waals surface area contributed by atoms with Crippen molar-refractivity contribution >= 4 is 38.6 Å². The first-order chi connectivity index (χ1) is 22.4. The first-order valence-corrected chi connectivity index (χ1v) is 18.1. The summed E-state index contributed by atoms with van der Waals surface area (Å²) in [4.78, 5) is 22.0. The van der Waals surface area contributed by atoms with Crippen LogP contribution in [0.5, 0.6) is 0 Å². The number of imidazole rings is 1. The van der Waals surface area contributed by atoms with E-state index in [4.69, 9.17) is 21.7 Å². The Hall–Kier alpha value is -3.38. The molecule has 8 nitrogen and oxygen atoms in total. The van der Waals surface area contributed by atoms with Crippen molar-refractivity contribution in [3.63, 3.8) is 0 Å². The lowest BCUT2D eigenvalue weighted by molar-refractivity contribution is 0.0602. The smallest absolute Gasteiger partial charge is 0.256 e. The Bertz CT molecular complexity index is 1950. The number of piperidine rings is 2. The van der Waals surface area contributed by atoms with Gasteiger partial charge in [-0.2, -0.15) is 0 Å². The van der Waals surface area contributed by atoms with E-state index in [9.17, 15) is 22.0 Å². The number of nitrogens with zero attached hydrogens (tertiary/aromatic N) is 4. The van der Waals surface area contributed by atoms with Crippen LogP contribution in [0.1, 0.15) is 72.7 Å². The zero-order valence-electron chi connectivity index (χ0n) is 26.2. The first-order valence-electron chi connectivity index (χ1n) is 16.2. The summed E-state index contributed by atoms with van der Waals surface area (Å²) < 4.78 is 55.9. The summed E-state index contributed by atoms with van der Waals surface area (Å²) in [6, 6.07) is 18.1. The normalized spacial score (nSPS) is 23.0. The molecule has 47 heavy (non-hydrogen) atoms. The van der Waals surface area contributed by atoms with E-state index in [-0.39, 0.29) is 16.3 Å². The number of aromatic nitrogens is 2. The van der Waals surface area contributed by atoms with Crippen LogP contribution in [0.2, 0.25) is 5.02 Å². The fourth-order valence-electron chi connectivity index (χ4n) is 8.51. The lowest BCUT2D eigenvalue weighted by atomic mass is 9.70. The van der Waals surface area contributed by atoms with Gasteiger partial charge in [0.2, 0.25) is 10.0 Å². The first kappa shape index (κ1) is 32.2. The maximum atomic E-state index is 14.9. The van der Waals surface area contributed by atoms with Crippen molar-refractivity contribution < 1.29 is 22.0 Å². The zero-order valence-corrected chi connectivity index (χ0v) is 27.8. The number of nitrogens with two attached hydrogens (primary N) is 1. The lowest BCUT2D eigenvalue weighted by Crippen LogP contribution is -2.49. The van der Waals surface area contributed by atoms with Gasteiger partial charge in [0, 0.05) is 31.2 Å². The fourth-order valence-corrected chi connectivity index (χ4v) is 9.60. The molecule has 1 aromatic heterocycles. The Morgan fingerprint density at radius 3 is 2.38 bits per heavy atom. The molecule has 3 saturated heterocycles. The summed E-state index contributed by atoms with van der Waals surface area (Å²) in [6.45, 7) is 3.57. The largest absolute Gasteiger partial charge is 0.338 e. The second-order valence-electron chi connectivity index (χ2n) is 13.4. The molecule has 1 amide bonds. The predicted octanol–water partition coefficient (Wildman–Crippen LogP) is 6.36. The van der Waals surface area contributed by atoms with Crippen molar-refractivity contribution in [2.45, 2.75) is 80.3 Å². The average Bonchev–Trinajstić information content (AvgIpc) is 3.49. The molecule has 12 heteroatoms. The van der Waals surface area contributed by atoms with Crippen LogP contribution in [0.3, 0.4) is 0 Å². The van der Waals surface area contributed by atoms with Gasteiger partial charge in [-0.3, -0.25) is 9.69 Å². The molecular formula is C35H38ClF2N5O3S. The summed E-state index contributed by atoms with van der Waals surface area (Å²) in [7, 11) is -4.26. The van der Waals surface area contributed by atoms with E-state index < -0.39 is 32.2 Å². The average molecular weight is 682 g/mol. The highest BCUT2D eigenvalue weighted by molar-refractivity contribution is 7.89. The molecule has 3 aromatic carbocycles. The molecule has 248 valence electrons. The van der Waals surface area contributed by atoms with E-state index in [2.05, 4.69) is 34.6 Å². The second-order valence-corrected chi connectivity index (χ2v) is 15.3. The van der Waals surface area contributed by atoms with E-state index in [1.807, 2.05) is 12.1 Å². The highest BCUT2D eigenvalue weighted by atomic mass is 35.5. The number of amides is 1. The molecule has 3 atom stereocenters. The third kappa shape index (κ3) is 5.96. The maximum absolute atomic E-state index is 14.9. The Kier molecular flexibility index (Phi) is 8.39. The van der Waals surface area contributed by atoms with Crippen LogP contribution in [0.25, 0.3) is 11.0 Å². The van der Waals surface area contributed by atoms with Gasteiger partial charge in [0.25, 0.3) is 5.91 Å². The summed E-state index contributed by atoms with van der Waals surface area (Å²) in [5.41, 5.74) is 2.36. The number of hydrogen-bond acceptors (Lipinski definition) is 5. The molecule has 4 aromatic rings. The van der Waals surface area contributed by atoms with Crippen LogP contribution in [0, 0.1) is 18.6 Å². The monoisotopic (exact) mass is 681 g/mol. The number of para-hydroxylation sites is 2. The third-order valence-electron chi connectivity index (χ3n) is 10.8. The maximum Gasteiger partial charge on any atom is 0.256 e. The van der Waals surface area contributed by atoms with E-state index >= 15 is 0 Å².